The normalized spacial score (nSPS) is 22.8. The van der Waals surface area contributed by atoms with E-state index in [4.69, 9.17) is 10.5 Å². The third kappa shape index (κ3) is 2.37. The zero-order chi connectivity index (χ0) is 12.3. The first-order chi connectivity index (χ1) is 8.24. The third-order valence-electron chi connectivity index (χ3n) is 3.12. The van der Waals surface area contributed by atoms with Gasteiger partial charge < -0.3 is 5.32 Å². The van der Waals surface area contributed by atoms with Gasteiger partial charge >= 0.3 is 0 Å². The molecule has 1 aromatic carbocycles. The Labute approximate surface area is 99.5 Å². The van der Waals surface area contributed by atoms with Crippen LogP contribution >= 0.6 is 0 Å². The highest BCUT2D eigenvalue weighted by Gasteiger charge is 2.27. The summed E-state index contributed by atoms with van der Waals surface area (Å²) in [5.41, 5.74) is 0.674. The Morgan fingerprint density at radius 1 is 1.29 bits per heavy atom. The van der Waals surface area contributed by atoms with Crippen LogP contribution in [0.5, 0.6) is 0 Å². The average molecular weight is 229 g/mol. The molecule has 1 aliphatic rings. The molecule has 0 heterocycles. The second-order valence-corrected chi connectivity index (χ2v) is 4.22. The SMILES string of the molecule is N#Cc1ccc(NC2CCCC2C#N)c(F)c1. The van der Waals surface area contributed by atoms with Crippen LogP contribution in [-0.4, -0.2) is 6.04 Å². The van der Waals surface area contributed by atoms with Crippen molar-refractivity contribution < 1.29 is 4.39 Å². The lowest BCUT2D eigenvalue weighted by molar-refractivity contribution is 0.602. The average Bonchev–Trinajstić information content (AvgIpc) is 2.79. The van der Waals surface area contributed by atoms with Gasteiger partial charge in [0.1, 0.15) is 5.82 Å². The van der Waals surface area contributed by atoms with Gasteiger partial charge in [0, 0.05) is 6.04 Å². The van der Waals surface area contributed by atoms with Gasteiger partial charge in [-0.25, -0.2) is 4.39 Å². The summed E-state index contributed by atoms with van der Waals surface area (Å²) >= 11 is 0. The van der Waals surface area contributed by atoms with Crippen molar-refractivity contribution in [2.24, 2.45) is 5.92 Å². The molecule has 1 fully saturated rings. The number of nitrogens with one attached hydrogen (secondary N) is 1. The van der Waals surface area contributed by atoms with Gasteiger partial charge in [-0.05, 0) is 37.5 Å². The monoisotopic (exact) mass is 229 g/mol. The molecule has 1 N–H and O–H groups in total. The lowest BCUT2D eigenvalue weighted by Crippen LogP contribution is -2.23. The second kappa shape index (κ2) is 4.84. The van der Waals surface area contributed by atoms with Crippen LogP contribution in [0.4, 0.5) is 10.1 Å². The van der Waals surface area contributed by atoms with Crippen LogP contribution in [-0.2, 0) is 0 Å². The Hall–Kier alpha value is -2.07. The Balaban J connectivity index is 2.14. The predicted molar refractivity (Wildman–Crippen MR) is 61.5 cm³/mol. The molecular weight excluding hydrogens is 217 g/mol. The molecule has 17 heavy (non-hydrogen) atoms. The van der Waals surface area contributed by atoms with E-state index in [9.17, 15) is 4.39 Å². The molecule has 0 bridgehead atoms. The number of nitrogens with zero attached hydrogens (tertiary/aromatic N) is 2. The molecule has 0 aromatic heterocycles. The van der Waals surface area contributed by atoms with E-state index >= 15 is 0 Å². The van der Waals surface area contributed by atoms with Crippen molar-refractivity contribution >= 4 is 5.69 Å². The highest BCUT2D eigenvalue weighted by atomic mass is 19.1. The van der Waals surface area contributed by atoms with Crippen molar-refractivity contribution in [3.63, 3.8) is 0 Å². The summed E-state index contributed by atoms with van der Waals surface area (Å²) in [6, 6.07) is 8.48. The summed E-state index contributed by atoms with van der Waals surface area (Å²) in [5.74, 6) is -0.488. The first kappa shape index (κ1) is 11.4. The molecular formula is C13H12FN3. The Bertz CT molecular complexity index is 498. The van der Waals surface area contributed by atoms with E-state index in [1.807, 2.05) is 6.07 Å². The smallest absolute Gasteiger partial charge is 0.147 e. The summed E-state index contributed by atoms with van der Waals surface area (Å²) in [7, 11) is 0. The molecule has 0 amide bonds. The fourth-order valence-corrected chi connectivity index (χ4v) is 2.19. The van der Waals surface area contributed by atoms with Crippen LogP contribution in [0.25, 0.3) is 0 Å². The Morgan fingerprint density at radius 3 is 2.76 bits per heavy atom. The molecule has 1 aromatic rings. The topological polar surface area (TPSA) is 59.6 Å². The van der Waals surface area contributed by atoms with Crippen LogP contribution in [0, 0.1) is 34.4 Å². The molecule has 3 nitrogen and oxygen atoms in total. The van der Waals surface area contributed by atoms with E-state index < -0.39 is 5.82 Å². The van der Waals surface area contributed by atoms with Crippen molar-refractivity contribution in [2.45, 2.75) is 25.3 Å². The first-order valence-electron chi connectivity index (χ1n) is 5.60. The van der Waals surface area contributed by atoms with E-state index in [-0.39, 0.29) is 12.0 Å². The maximum atomic E-state index is 13.6. The summed E-state index contributed by atoms with van der Waals surface area (Å²) in [6.07, 6.45) is 2.75. The van der Waals surface area contributed by atoms with Crippen LogP contribution < -0.4 is 5.32 Å². The molecule has 0 radical (unpaired) electrons. The molecule has 1 aliphatic carbocycles. The van der Waals surface area contributed by atoms with E-state index in [1.54, 1.807) is 12.1 Å². The van der Waals surface area contributed by atoms with Crippen LogP contribution in [0.15, 0.2) is 18.2 Å². The van der Waals surface area contributed by atoms with Gasteiger partial charge in [0.2, 0.25) is 0 Å². The maximum absolute atomic E-state index is 13.6. The first-order valence-corrected chi connectivity index (χ1v) is 5.60. The summed E-state index contributed by atoms with van der Waals surface area (Å²) < 4.78 is 13.6. The number of nitriles is 2. The Kier molecular flexibility index (Phi) is 3.25. The van der Waals surface area contributed by atoms with Gasteiger partial charge in [-0.15, -0.1) is 0 Å². The molecule has 86 valence electrons. The van der Waals surface area contributed by atoms with Crippen molar-refractivity contribution in [3.8, 4) is 12.1 Å². The van der Waals surface area contributed by atoms with E-state index in [1.165, 1.54) is 6.07 Å². The number of benzene rings is 1. The van der Waals surface area contributed by atoms with E-state index in [0.717, 1.165) is 19.3 Å². The number of anilines is 1. The summed E-state index contributed by atoms with van der Waals surface area (Å²) in [5, 5.41) is 20.6. The van der Waals surface area contributed by atoms with Gasteiger partial charge in [-0.1, -0.05) is 0 Å². The molecule has 4 heteroatoms. The minimum absolute atomic E-state index is 0.0161. The molecule has 2 unspecified atom stereocenters. The third-order valence-corrected chi connectivity index (χ3v) is 3.12. The quantitative estimate of drug-likeness (QED) is 0.848. The standard InChI is InChI=1S/C13H12FN3/c14-11-6-9(7-15)4-5-13(11)17-12-3-1-2-10(12)8-16/h4-6,10,12,17H,1-3H2. The fraction of sp³-hybridized carbons (Fsp3) is 0.385. The van der Waals surface area contributed by atoms with Gasteiger partial charge in [-0.3, -0.25) is 0 Å². The minimum Gasteiger partial charge on any atom is -0.379 e. The highest BCUT2D eigenvalue weighted by molar-refractivity contribution is 5.49. The van der Waals surface area contributed by atoms with Gasteiger partial charge in [0.05, 0.1) is 29.3 Å². The van der Waals surface area contributed by atoms with Gasteiger partial charge in [0.15, 0.2) is 0 Å². The van der Waals surface area contributed by atoms with E-state index in [0.29, 0.717) is 11.3 Å². The van der Waals surface area contributed by atoms with Crippen LogP contribution in [0.3, 0.4) is 0 Å². The molecule has 1 saturated carbocycles. The summed E-state index contributed by atoms with van der Waals surface area (Å²) in [4.78, 5) is 0. The molecule has 0 spiro atoms. The molecule has 2 rings (SSSR count). The zero-order valence-corrected chi connectivity index (χ0v) is 9.28. The Morgan fingerprint density at radius 2 is 2.12 bits per heavy atom. The van der Waals surface area contributed by atoms with Crippen LogP contribution in [0.1, 0.15) is 24.8 Å². The highest BCUT2D eigenvalue weighted by Crippen LogP contribution is 2.29. The molecule has 0 aliphatic heterocycles. The van der Waals surface area contributed by atoms with Gasteiger partial charge in [-0.2, -0.15) is 10.5 Å². The maximum Gasteiger partial charge on any atom is 0.147 e. The van der Waals surface area contributed by atoms with E-state index in [2.05, 4.69) is 11.4 Å². The minimum atomic E-state index is -0.437. The lowest BCUT2D eigenvalue weighted by atomic mass is 10.1. The predicted octanol–water partition coefficient (Wildman–Crippen LogP) is 2.80. The van der Waals surface area contributed by atoms with Crippen molar-refractivity contribution in [3.05, 3.63) is 29.6 Å². The summed E-state index contributed by atoms with van der Waals surface area (Å²) in [6.45, 7) is 0. The zero-order valence-electron chi connectivity index (χ0n) is 9.28. The number of hydrogen-bond acceptors (Lipinski definition) is 3. The van der Waals surface area contributed by atoms with Crippen molar-refractivity contribution in [1.82, 2.24) is 0 Å². The second-order valence-electron chi connectivity index (χ2n) is 4.22. The van der Waals surface area contributed by atoms with Crippen LogP contribution in [0.2, 0.25) is 0 Å². The number of rotatable bonds is 2. The van der Waals surface area contributed by atoms with Gasteiger partial charge in [0.25, 0.3) is 0 Å². The number of hydrogen-bond donors (Lipinski definition) is 1. The number of halogens is 1. The largest absolute Gasteiger partial charge is 0.379 e. The molecule has 0 saturated heterocycles. The fourth-order valence-electron chi connectivity index (χ4n) is 2.19. The molecule has 2 atom stereocenters. The van der Waals surface area contributed by atoms with Crippen molar-refractivity contribution in [1.29, 1.82) is 10.5 Å². The van der Waals surface area contributed by atoms with Crippen molar-refractivity contribution in [2.75, 3.05) is 5.32 Å². The lowest BCUT2D eigenvalue weighted by Gasteiger charge is -2.17.